The molecule has 2 aromatic heterocycles. The van der Waals surface area contributed by atoms with Gasteiger partial charge < -0.3 is 24.1 Å². The van der Waals surface area contributed by atoms with Gasteiger partial charge in [0.25, 0.3) is 0 Å². The fourth-order valence-electron chi connectivity index (χ4n) is 4.97. The van der Waals surface area contributed by atoms with Crippen LogP contribution in [0.1, 0.15) is 38.3 Å². The Morgan fingerprint density at radius 1 is 1.17 bits per heavy atom. The summed E-state index contributed by atoms with van der Waals surface area (Å²) in [7, 11) is 0. The van der Waals surface area contributed by atoms with Crippen molar-refractivity contribution in [3.05, 3.63) is 36.5 Å². The van der Waals surface area contributed by atoms with E-state index >= 15 is 0 Å². The minimum atomic E-state index is 0.118. The van der Waals surface area contributed by atoms with E-state index in [1.807, 2.05) is 37.0 Å². The van der Waals surface area contributed by atoms with Crippen molar-refractivity contribution in [3.8, 4) is 5.75 Å². The van der Waals surface area contributed by atoms with Gasteiger partial charge in [0, 0.05) is 49.5 Å². The molecule has 1 aromatic carbocycles. The summed E-state index contributed by atoms with van der Waals surface area (Å²) in [6, 6.07) is 4.50. The van der Waals surface area contributed by atoms with Gasteiger partial charge in [-0.05, 0) is 52.3 Å². The molecule has 1 saturated carbocycles. The molecule has 2 aliphatic rings. The third-order valence-corrected chi connectivity index (χ3v) is 6.78. The summed E-state index contributed by atoms with van der Waals surface area (Å²) in [5, 5.41) is 3.64. The van der Waals surface area contributed by atoms with Gasteiger partial charge in [-0.25, -0.2) is 9.97 Å². The van der Waals surface area contributed by atoms with Crippen LogP contribution in [0, 0.1) is 6.92 Å². The molecule has 0 spiro atoms. The summed E-state index contributed by atoms with van der Waals surface area (Å²) in [5.74, 6) is 1.65. The number of nitrogens with zero attached hydrogens (tertiary/aromatic N) is 6. The van der Waals surface area contributed by atoms with Gasteiger partial charge >= 0.3 is 0 Å². The van der Waals surface area contributed by atoms with E-state index in [4.69, 9.17) is 9.47 Å². The molecule has 1 N–H and O–H groups in total. The maximum absolute atomic E-state index is 6.55. The largest absolute Gasteiger partial charge is 0.488 e. The molecule has 0 amide bonds. The van der Waals surface area contributed by atoms with Crippen molar-refractivity contribution in [2.45, 2.75) is 51.7 Å². The Bertz CT molecular complexity index is 1210. The molecule has 0 radical (unpaired) electrons. The zero-order valence-electron chi connectivity index (χ0n) is 20.5. The van der Waals surface area contributed by atoms with Crippen molar-refractivity contribution < 1.29 is 9.47 Å². The summed E-state index contributed by atoms with van der Waals surface area (Å²) in [4.78, 5) is 20.1. The number of rotatable bonds is 7. The second kappa shape index (κ2) is 10.4. The van der Waals surface area contributed by atoms with Crippen molar-refractivity contribution in [3.63, 3.8) is 0 Å². The van der Waals surface area contributed by atoms with Gasteiger partial charge in [-0.2, -0.15) is 0 Å². The maximum atomic E-state index is 6.55. The van der Waals surface area contributed by atoms with E-state index in [0.717, 1.165) is 86.1 Å². The summed E-state index contributed by atoms with van der Waals surface area (Å²) >= 11 is 0. The first kappa shape index (κ1) is 23.3. The van der Waals surface area contributed by atoms with Gasteiger partial charge in [0.15, 0.2) is 5.82 Å². The number of morpholine rings is 1. The van der Waals surface area contributed by atoms with Crippen LogP contribution in [0.25, 0.3) is 5.52 Å². The SMILES string of the molecule is C=Nc1c(/N=C\C)cc(N2CCOCC2)cc1O[C@H]1CC[C@@H](Nc2nccn3cnc(C)c23)CC1. The van der Waals surface area contributed by atoms with Gasteiger partial charge in [-0.3, -0.25) is 9.98 Å². The first-order valence-electron chi connectivity index (χ1n) is 12.3. The lowest BCUT2D eigenvalue weighted by atomic mass is 9.93. The highest BCUT2D eigenvalue weighted by molar-refractivity contribution is 5.80. The van der Waals surface area contributed by atoms with Crippen molar-refractivity contribution in [1.82, 2.24) is 14.4 Å². The van der Waals surface area contributed by atoms with Gasteiger partial charge in [-0.15, -0.1) is 0 Å². The number of anilines is 2. The Kier molecular flexibility index (Phi) is 6.94. The summed E-state index contributed by atoms with van der Waals surface area (Å²) in [6.07, 6.45) is 11.4. The van der Waals surface area contributed by atoms with E-state index in [2.05, 4.69) is 49.0 Å². The van der Waals surface area contributed by atoms with Crippen LogP contribution in [0.2, 0.25) is 0 Å². The molecule has 0 unspecified atom stereocenters. The van der Waals surface area contributed by atoms with Gasteiger partial charge in [0.05, 0.1) is 37.0 Å². The quantitative estimate of drug-likeness (QED) is 0.497. The van der Waals surface area contributed by atoms with Gasteiger partial charge in [0.1, 0.15) is 17.0 Å². The van der Waals surface area contributed by atoms with E-state index in [-0.39, 0.29) is 6.10 Å². The van der Waals surface area contributed by atoms with Gasteiger partial charge in [-0.1, -0.05) is 0 Å². The molecule has 1 aliphatic carbocycles. The molecule has 184 valence electrons. The Labute approximate surface area is 205 Å². The normalized spacial score (nSPS) is 20.9. The first-order valence-corrected chi connectivity index (χ1v) is 12.3. The second-order valence-corrected chi connectivity index (χ2v) is 9.05. The Balaban J connectivity index is 1.29. The van der Waals surface area contributed by atoms with Crippen LogP contribution >= 0.6 is 0 Å². The second-order valence-electron chi connectivity index (χ2n) is 9.05. The lowest BCUT2D eigenvalue weighted by molar-refractivity contribution is 0.122. The molecule has 35 heavy (non-hydrogen) atoms. The molecular weight excluding hydrogens is 442 g/mol. The highest BCUT2D eigenvalue weighted by Gasteiger charge is 2.25. The van der Waals surface area contributed by atoms with Crippen molar-refractivity contribution >= 4 is 41.3 Å². The molecule has 5 rings (SSSR count). The number of nitrogens with one attached hydrogen (secondary N) is 1. The highest BCUT2D eigenvalue weighted by Crippen LogP contribution is 2.43. The number of fused-ring (bicyclic) bond motifs is 1. The van der Waals surface area contributed by atoms with E-state index in [1.54, 1.807) is 6.21 Å². The number of benzene rings is 1. The number of aliphatic imine (C=N–C) groups is 2. The molecule has 9 nitrogen and oxygen atoms in total. The minimum absolute atomic E-state index is 0.118. The molecule has 3 heterocycles. The van der Waals surface area contributed by atoms with E-state index in [1.165, 1.54) is 0 Å². The fraction of sp³-hybridized carbons (Fsp3) is 0.462. The molecule has 3 aromatic rings. The summed E-state index contributed by atoms with van der Waals surface area (Å²) < 4.78 is 14.1. The Morgan fingerprint density at radius 2 is 1.97 bits per heavy atom. The third-order valence-electron chi connectivity index (χ3n) is 6.78. The van der Waals surface area contributed by atoms with Crippen LogP contribution in [-0.2, 0) is 4.74 Å². The van der Waals surface area contributed by atoms with Crippen LogP contribution in [0.15, 0.2) is 40.8 Å². The number of imidazole rings is 1. The zero-order valence-corrected chi connectivity index (χ0v) is 20.5. The van der Waals surface area contributed by atoms with Gasteiger partial charge in [0.2, 0.25) is 0 Å². The number of hydrogen-bond acceptors (Lipinski definition) is 8. The number of aromatic nitrogens is 3. The van der Waals surface area contributed by atoms with Crippen LogP contribution in [0.3, 0.4) is 0 Å². The summed E-state index contributed by atoms with van der Waals surface area (Å²) in [6.45, 7) is 10.9. The van der Waals surface area contributed by atoms with Crippen molar-refractivity contribution in [2.75, 3.05) is 36.5 Å². The average molecular weight is 476 g/mol. The monoisotopic (exact) mass is 475 g/mol. The van der Waals surface area contributed by atoms with Crippen LogP contribution in [0.4, 0.5) is 22.9 Å². The third kappa shape index (κ3) is 5.00. The predicted octanol–water partition coefficient (Wildman–Crippen LogP) is 4.73. The lowest BCUT2D eigenvalue weighted by Gasteiger charge is -2.32. The number of hydrogen-bond donors (Lipinski definition) is 1. The fourth-order valence-corrected chi connectivity index (χ4v) is 4.97. The first-order chi connectivity index (χ1) is 17.2. The number of ether oxygens (including phenoxy) is 2. The van der Waals surface area contributed by atoms with Crippen LogP contribution < -0.4 is 15.0 Å². The topological polar surface area (TPSA) is 88.6 Å². The van der Waals surface area contributed by atoms with Crippen molar-refractivity contribution in [2.24, 2.45) is 9.98 Å². The van der Waals surface area contributed by atoms with E-state index < -0.39 is 0 Å². The predicted molar refractivity (Wildman–Crippen MR) is 141 cm³/mol. The lowest BCUT2D eigenvalue weighted by Crippen LogP contribution is -2.36. The molecule has 0 atom stereocenters. The molecule has 1 saturated heterocycles. The molecule has 9 heteroatoms. The highest BCUT2D eigenvalue weighted by atomic mass is 16.5. The maximum Gasteiger partial charge on any atom is 0.152 e. The Hall–Kier alpha value is -3.46. The van der Waals surface area contributed by atoms with Crippen molar-refractivity contribution in [1.29, 1.82) is 0 Å². The number of aryl methyl sites for hydroxylation is 1. The molecular formula is C26H33N7O2. The van der Waals surface area contributed by atoms with Crippen LogP contribution in [-0.4, -0.2) is 65.7 Å². The van der Waals surface area contributed by atoms with E-state index in [9.17, 15) is 0 Å². The Morgan fingerprint density at radius 3 is 2.71 bits per heavy atom. The minimum Gasteiger partial charge on any atom is -0.488 e. The molecule has 1 aliphatic heterocycles. The van der Waals surface area contributed by atoms with E-state index in [0.29, 0.717) is 11.7 Å². The zero-order chi connectivity index (χ0) is 24.2. The smallest absolute Gasteiger partial charge is 0.152 e. The molecule has 2 fully saturated rings. The molecule has 0 bridgehead atoms. The van der Waals surface area contributed by atoms with Crippen LogP contribution in [0.5, 0.6) is 5.75 Å². The standard InChI is InChI=1S/C26H33N7O2/c1-4-28-22-15-20(32-11-13-34-14-12-32)16-23(24(22)27-3)35-21-7-5-19(6-8-21)31-26-25-18(2)30-17-33(25)10-9-29-26/h4,9-10,15-17,19,21H,3,5-8,11-14H2,1-2H3,(H,29,31)/b28-4-/t19-,21+. The average Bonchev–Trinajstić information content (AvgIpc) is 3.27. The summed E-state index contributed by atoms with van der Waals surface area (Å²) in [5.41, 5.74) is 4.59.